The van der Waals surface area contributed by atoms with E-state index in [0.717, 1.165) is 51.9 Å². The molecule has 0 saturated carbocycles. The molecule has 1 N–H and O–H groups in total. The van der Waals surface area contributed by atoms with Crippen LogP contribution in [0, 0.1) is 5.92 Å². The number of piperidine rings is 1. The molecule has 0 bridgehead atoms. The molecular weight excluding hydrogens is 264 g/mol. The minimum Gasteiger partial charge on any atom is -0.384 e. The molecular formula is C14H27ClN2O2. The van der Waals surface area contributed by atoms with E-state index < -0.39 is 0 Å². The van der Waals surface area contributed by atoms with Crippen molar-refractivity contribution in [1.29, 1.82) is 0 Å². The molecule has 5 heteroatoms. The Morgan fingerprint density at radius 2 is 2.26 bits per heavy atom. The van der Waals surface area contributed by atoms with Gasteiger partial charge in [-0.25, -0.2) is 0 Å². The molecule has 19 heavy (non-hydrogen) atoms. The molecule has 0 radical (unpaired) electrons. The van der Waals surface area contributed by atoms with Crippen molar-refractivity contribution < 1.29 is 9.53 Å². The van der Waals surface area contributed by atoms with E-state index in [0.29, 0.717) is 11.8 Å². The molecule has 0 aromatic carbocycles. The number of ether oxygens (including phenoxy) is 1. The maximum Gasteiger partial charge on any atom is 0.242 e. The van der Waals surface area contributed by atoms with E-state index >= 15 is 0 Å². The van der Waals surface area contributed by atoms with Gasteiger partial charge in [0.15, 0.2) is 0 Å². The molecule has 0 aromatic heterocycles. The van der Waals surface area contributed by atoms with Gasteiger partial charge < -0.3 is 15.0 Å². The van der Waals surface area contributed by atoms with Crippen molar-refractivity contribution >= 4 is 18.3 Å². The van der Waals surface area contributed by atoms with E-state index in [2.05, 4.69) is 17.1 Å². The number of hydrogen-bond donors (Lipinski definition) is 1. The molecule has 2 fully saturated rings. The fourth-order valence-corrected chi connectivity index (χ4v) is 3.37. The van der Waals surface area contributed by atoms with Crippen LogP contribution in [0.3, 0.4) is 0 Å². The van der Waals surface area contributed by atoms with E-state index in [4.69, 9.17) is 4.74 Å². The second kappa shape index (κ2) is 7.46. The van der Waals surface area contributed by atoms with Crippen LogP contribution < -0.4 is 5.32 Å². The summed E-state index contributed by atoms with van der Waals surface area (Å²) in [5, 5.41) is 3.44. The lowest BCUT2D eigenvalue weighted by molar-refractivity contribution is -0.140. The zero-order valence-electron chi connectivity index (χ0n) is 12.1. The third-order valence-corrected chi connectivity index (χ3v) is 4.47. The van der Waals surface area contributed by atoms with Crippen molar-refractivity contribution in [2.24, 2.45) is 5.92 Å². The second-order valence-corrected chi connectivity index (χ2v) is 5.68. The number of halogens is 1. The Bertz CT molecular complexity index is 291. The fourth-order valence-electron chi connectivity index (χ4n) is 3.37. The number of carbonyl (C=O) groups is 1. The molecule has 2 rings (SSSR count). The van der Waals surface area contributed by atoms with Gasteiger partial charge in [-0.3, -0.25) is 4.79 Å². The van der Waals surface area contributed by atoms with Crippen LogP contribution in [0.2, 0.25) is 0 Å². The van der Waals surface area contributed by atoms with Crippen molar-refractivity contribution in [3.05, 3.63) is 0 Å². The second-order valence-electron chi connectivity index (χ2n) is 5.68. The molecule has 2 aliphatic rings. The highest BCUT2D eigenvalue weighted by molar-refractivity contribution is 5.86. The molecule has 0 spiro atoms. The summed E-state index contributed by atoms with van der Waals surface area (Å²) < 4.78 is 5.23. The van der Waals surface area contributed by atoms with Gasteiger partial charge in [0, 0.05) is 20.2 Å². The number of nitrogens with one attached hydrogen (secondary N) is 1. The average Bonchev–Trinajstić information content (AvgIpc) is 2.88. The van der Waals surface area contributed by atoms with Crippen LogP contribution in [-0.2, 0) is 9.53 Å². The summed E-state index contributed by atoms with van der Waals surface area (Å²) in [7, 11) is 1.74. The van der Waals surface area contributed by atoms with Crippen LogP contribution in [-0.4, -0.2) is 49.7 Å². The summed E-state index contributed by atoms with van der Waals surface area (Å²) in [6.45, 7) is 5.66. The average molecular weight is 291 g/mol. The van der Waals surface area contributed by atoms with Gasteiger partial charge in [0.2, 0.25) is 5.91 Å². The van der Waals surface area contributed by atoms with Crippen molar-refractivity contribution in [3.8, 4) is 0 Å². The number of carbonyl (C=O) groups excluding carboxylic acids is 1. The van der Waals surface area contributed by atoms with E-state index in [9.17, 15) is 4.79 Å². The molecule has 112 valence electrons. The maximum atomic E-state index is 12.7. The predicted molar refractivity (Wildman–Crippen MR) is 78.7 cm³/mol. The maximum absolute atomic E-state index is 12.7. The molecule has 2 unspecified atom stereocenters. The standard InChI is InChI=1S/C14H26N2O2.ClH/c1-3-14(7-5-8-15-14)13(17)16-9-4-6-12(10-16)11-18-2;/h12,15H,3-11H2,1-2H3;1H. The monoisotopic (exact) mass is 290 g/mol. The highest BCUT2D eigenvalue weighted by Crippen LogP contribution is 2.28. The molecule has 0 aliphatic carbocycles. The zero-order chi connectivity index (χ0) is 13.0. The van der Waals surface area contributed by atoms with Crippen molar-refractivity contribution in [2.75, 3.05) is 33.4 Å². The van der Waals surface area contributed by atoms with Gasteiger partial charge in [0.05, 0.1) is 12.1 Å². The summed E-state index contributed by atoms with van der Waals surface area (Å²) in [4.78, 5) is 14.8. The Morgan fingerprint density at radius 1 is 1.47 bits per heavy atom. The largest absolute Gasteiger partial charge is 0.384 e. The quantitative estimate of drug-likeness (QED) is 0.859. The summed E-state index contributed by atoms with van der Waals surface area (Å²) in [5.74, 6) is 0.839. The smallest absolute Gasteiger partial charge is 0.242 e. The lowest BCUT2D eigenvalue weighted by atomic mass is 9.90. The summed E-state index contributed by atoms with van der Waals surface area (Å²) in [6.07, 6.45) is 5.31. The van der Waals surface area contributed by atoms with Crippen LogP contribution in [0.1, 0.15) is 39.0 Å². The highest BCUT2D eigenvalue weighted by atomic mass is 35.5. The molecule has 2 heterocycles. The van der Waals surface area contributed by atoms with E-state index in [1.807, 2.05) is 0 Å². The van der Waals surface area contributed by atoms with Gasteiger partial charge in [-0.2, -0.15) is 0 Å². The number of methoxy groups -OCH3 is 1. The van der Waals surface area contributed by atoms with Gasteiger partial charge in [0.1, 0.15) is 0 Å². The number of hydrogen-bond acceptors (Lipinski definition) is 3. The third-order valence-electron chi connectivity index (χ3n) is 4.47. The number of likely N-dealkylation sites (tertiary alicyclic amines) is 1. The molecule has 0 aromatic rings. The Balaban J connectivity index is 0.00000180. The molecule has 2 saturated heterocycles. The van der Waals surface area contributed by atoms with Crippen LogP contribution >= 0.6 is 12.4 Å². The van der Waals surface area contributed by atoms with Gasteiger partial charge in [-0.1, -0.05) is 6.92 Å². The Hall–Kier alpha value is -0.320. The molecule has 4 nitrogen and oxygen atoms in total. The number of rotatable bonds is 4. The van der Waals surface area contributed by atoms with Gasteiger partial charge in [-0.05, 0) is 44.6 Å². The van der Waals surface area contributed by atoms with E-state index in [1.54, 1.807) is 7.11 Å². The van der Waals surface area contributed by atoms with E-state index in [1.165, 1.54) is 6.42 Å². The third kappa shape index (κ3) is 3.61. The normalized spacial score (nSPS) is 31.1. The van der Waals surface area contributed by atoms with Gasteiger partial charge in [0.25, 0.3) is 0 Å². The Kier molecular flexibility index (Phi) is 6.57. The predicted octanol–water partition coefficient (Wildman–Crippen LogP) is 1.83. The van der Waals surface area contributed by atoms with Crippen LogP contribution in [0.25, 0.3) is 0 Å². The SMILES string of the molecule is CCC1(C(=O)N2CCCC(COC)C2)CCCN1.Cl. The van der Waals surface area contributed by atoms with Crippen molar-refractivity contribution in [1.82, 2.24) is 10.2 Å². The first-order valence-electron chi connectivity index (χ1n) is 7.25. The van der Waals surface area contributed by atoms with Crippen LogP contribution in [0.5, 0.6) is 0 Å². The Morgan fingerprint density at radius 3 is 2.84 bits per heavy atom. The first-order chi connectivity index (χ1) is 8.72. The van der Waals surface area contributed by atoms with Gasteiger partial charge in [-0.15, -0.1) is 12.4 Å². The highest BCUT2D eigenvalue weighted by Gasteiger charge is 2.42. The molecule has 2 aliphatic heterocycles. The first kappa shape index (κ1) is 16.7. The van der Waals surface area contributed by atoms with Crippen molar-refractivity contribution in [2.45, 2.75) is 44.6 Å². The lowest BCUT2D eigenvalue weighted by Crippen LogP contribution is -2.56. The number of nitrogens with zero attached hydrogens (tertiary/aromatic N) is 1. The summed E-state index contributed by atoms with van der Waals surface area (Å²) in [6, 6.07) is 0. The minimum absolute atomic E-state index is 0. The molecule has 1 amide bonds. The summed E-state index contributed by atoms with van der Waals surface area (Å²) in [5.41, 5.74) is -0.269. The van der Waals surface area contributed by atoms with Crippen LogP contribution in [0.15, 0.2) is 0 Å². The zero-order valence-corrected chi connectivity index (χ0v) is 12.9. The van der Waals surface area contributed by atoms with Gasteiger partial charge >= 0.3 is 0 Å². The Labute approximate surface area is 122 Å². The van der Waals surface area contributed by atoms with Crippen LogP contribution in [0.4, 0.5) is 0 Å². The summed E-state index contributed by atoms with van der Waals surface area (Å²) >= 11 is 0. The number of amides is 1. The minimum atomic E-state index is -0.269. The molecule has 2 atom stereocenters. The van der Waals surface area contributed by atoms with Crippen molar-refractivity contribution in [3.63, 3.8) is 0 Å². The van der Waals surface area contributed by atoms with E-state index in [-0.39, 0.29) is 17.9 Å². The lowest BCUT2D eigenvalue weighted by Gasteiger charge is -2.38. The first-order valence-corrected chi connectivity index (χ1v) is 7.25. The fraction of sp³-hybridized carbons (Fsp3) is 0.929. The topological polar surface area (TPSA) is 41.6 Å².